The summed E-state index contributed by atoms with van der Waals surface area (Å²) >= 11 is 9.46. The fourth-order valence-electron chi connectivity index (χ4n) is 2.68. The number of hydrogen-bond acceptors (Lipinski definition) is 3. The lowest BCUT2D eigenvalue weighted by Gasteiger charge is -2.16. The summed E-state index contributed by atoms with van der Waals surface area (Å²) in [4.78, 5) is 12.6. The topological polar surface area (TPSA) is 66.5 Å². The third kappa shape index (κ3) is 4.06. The number of amides is 1. The minimum Gasteiger partial charge on any atom is -0.322 e. The van der Waals surface area contributed by atoms with Gasteiger partial charge >= 0.3 is 0 Å². The highest BCUT2D eigenvalue weighted by Gasteiger charge is 2.28. The van der Waals surface area contributed by atoms with Crippen molar-refractivity contribution in [2.24, 2.45) is 0 Å². The first-order chi connectivity index (χ1) is 11.9. The minimum absolute atomic E-state index is 0.0817. The molecule has 0 saturated carbocycles. The van der Waals surface area contributed by atoms with E-state index in [0.717, 1.165) is 17.3 Å². The molecule has 132 valence electrons. The molecule has 0 spiro atoms. The quantitative estimate of drug-likeness (QED) is 0.772. The maximum absolute atomic E-state index is 12.7. The van der Waals surface area contributed by atoms with Crippen LogP contribution in [0.3, 0.4) is 0 Å². The number of anilines is 1. The molecule has 1 fully saturated rings. The molecule has 1 amide bonds. The van der Waals surface area contributed by atoms with Gasteiger partial charge in [0.15, 0.2) is 0 Å². The first kappa shape index (κ1) is 18.4. The average molecular weight is 444 g/mol. The Morgan fingerprint density at radius 1 is 1.12 bits per heavy atom. The van der Waals surface area contributed by atoms with Gasteiger partial charge in [-0.3, -0.25) is 4.79 Å². The first-order valence-electron chi connectivity index (χ1n) is 7.74. The standard InChI is InChI=1S/C17H16BrClN2O3S/c18-12-4-3-5-13(10-12)20-17(22)15-11-14(6-7-16(15)19)25(23,24)21-8-1-2-9-21/h3-7,10-11H,1-2,8-9H2,(H,20,22). The smallest absolute Gasteiger partial charge is 0.257 e. The van der Waals surface area contributed by atoms with Crippen LogP contribution in [0.25, 0.3) is 0 Å². The number of nitrogens with zero attached hydrogens (tertiary/aromatic N) is 1. The monoisotopic (exact) mass is 442 g/mol. The van der Waals surface area contributed by atoms with Crippen LogP contribution in [0.2, 0.25) is 5.02 Å². The van der Waals surface area contributed by atoms with Gasteiger partial charge in [-0.15, -0.1) is 0 Å². The zero-order valence-electron chi connectivity index (χ0n) is 13.2. The van der Waals surface area contributed by atoms with Crippen molar-refractivity contribution in [1.82, 2.24) is 4.31 Å². The molecule has 1 saturated heterocycles. The van der Waals surface area contributed by atoms with Crippen molar-refractivity contribution in [3.05, 3.63) is 57.5 Å². The molecule has 5 nitrogen and oxygen atoms in total. The van der Waals surface area contributed by atoms with Gasteiger partial charge in [0.2, 0.25) is 10.0 Å². The Morgan fingerprint density at radius 2 is 1.84 bits per heavy atom. The van der Waals surface area contributed by atoms with E-state index in [9.17, 15) is 13.2 Å². The van der Waals surface area contributed by atoms with Crippen molar-refractivity contribution in [3.8, 4) is 0 Å². The van der Waals surface area contributed by atoms with Crippen LogP contribution in [-0.2, 0) is 10.0 Å². The van der Waals surface area contributed by atoms with E-state index in [4.69, 9.17) is 11.6 Å². The second kappa shape index (κ2) is 7.45. The Kier molecular flexibility index (Phi) is 5.48. The van der Waals surface area contributed by atoms with Gasteiger partial charge in [0.25, 0.3) is 5.91 Å². The van der Waals surface area contributed by atoms with Crippen molar-refractivity contribution < 1.29 is 13.2 Å². The van der Waals surface area contributed by atoms with E-state index in [2.05, 4.69) is 21.2 Å². The third-order valence-electron chi connectivity index (χ3n) is 3.97. The molecule has 0 radical (unpaired) electrons. The van der Waals surface area contributed by atoms with Crippen LogP contribution in [0, 0.1) is 0 Å². The van der Waals surface area contributed by atoms with E-state index >= 15 is 0 Å². The lowest BCUT2D eigenvalue weighted by Crippen LogP contribution is -2.28. The summed E-state index contributed by atoms with van der Waals surface area (Å²) < 4.78 is 27.6. The Morgan fingerprint density at radius 3 is 2.52 bits per heavy atom. The molecule has 0 unspecified atom stereocenters. The summed E-state index contributed by atoms with van der Waals surface area (Å²) in [6.45, 7) is 1.01. The van der Waals surface area contributed by atoms with Crippen molar-refractivity contribution in [1.29, 1.82) is 0 Å². The number of halogens is 2. The highest BCUT2D eigenvalue weighted by atomic mass is 79.9. The molecule has 8 heteroatoms. The minimum atomic E-state index is -3.60. The van der Waals surface area contributed by atoms with Gasteiger partial charge in [-0.05, 0) is 49.2 Å². The summed E-state index contributed by atoms with van der Waals surface area (Å²) in [6, 6.07) is 11.3. The van der Waals surface area contributed by atoms with Gasteiger partial charge in [0.05, 0.1) is 15.5 Å². The maximum Gasteiger partial charge on any atom is 0.257 e. The maximum atomic E-state index is 12.7. The van der Waals surface area contributed by atoms with Gasteiger partial charge in [-0.25, -0.2) is 8.42 Å². The molecule has 0 aliphatic carbocycles. The summed E-state index contributed by atoms with van der Waals surface area (Å²) in [5.74, 6) is -0.457. The molecule has 1 aliphatic rings. The van der Waals surface area contributed by atoms with Gasteiger partial charge in [-0.2, -0.15) is 4.31 Å². The number of nitrogens with one attached hydrogen (secondary N) is 1. The summed E-state index contributed by atoms with van der Waals surface area (Å²) in [7, 11) is -3.60. The molecule has 2 aromatic carbocycles. The molecular weight excluding hydrogens is 428 g/mol. The van der Waals surface area contributed by atoms with Gasteiger partial charge < -0.3 is 5.32 Å². The predicted octanol–water partition coefficient (Wildman–Crippen LogP) is 4.14. The number of rotatable bonds is 4. The normalized spacial score (nSPS) is 15.3. The van der Waals surface area contributed by atoms with Crippen molar-refractivity contribution in [3.63, 3.8) is 0 Å². The van der Waals surface area contributed by atoms with Gasteiger partial charge in [0.1, 0.15) is 0 Å². The van der Waals surface area contributed by atoms with E-state index in [1.165, 1.54) is 22.5 Å². The fraction of sp³-hybridized carbons (Fsp3) is 0.235. The molecule has 2 aromatic rings. The van der Waals surface area contributed by atoms with E-state index < -0.39 is 15.9 Å². The predicted molar refractivity (Wildman–Crippen MR) is 102 cm³/mol. The summed E-state index contributed by atoms with van der Waals surface area (Å²) in [5, 5.41) is 2.93. The van der Waals surface area contributed by atoms with E-state index in [1.807, 2.05) is 6.07 Å². The Bertz CT molecular complexity index is 912. The largest absolute Gasteiger partial charge is 0.322 e. The fourth-order valence-corrected chi connectivity index (χ4v) is 4.83. The van der Waals surface area contributed by atoms with Gasteiger partial charge in [-0.1, -0.05) is 33.6 Å². The third-order valence-corrected chi connectivity index (χ3v) is 6.69. The summed E-state index contributed by atoms with van der Waals surface area (Å²) in [6.07, 6.45) is 1.70. The summed E-state index contributed by atoms with van der Waals surface area (Å²) in [5.41, 5.74) is 0.713. The van der Waals surface area contributed by atoms with Crippen molar-refractivity contribution >= 4 is 49.1 Å². The highest BCUT2D eigenvalue weighted by Crippen LogP contribution is 2.26. The molecule has 1 aliphatic heterocycles. The zero-order chi connectivity index (χ0) is 18.0. The number of sulfonamides is 1. The highest BCUT2D eigenvalue weighted by molar-refractivity contribution is 9.10. The second-order valence-corrected chi connectivity index (χ2v) is 8.98. The second-order valence-electron chi connectivity index (χ2n) is 5.72. The molecule has 0 aromatic heterocycles. The molecule has 25 heavy (non-hydrogen) atoms. The lowest BCUT2D eigenvalue weighted by molar-refractivity contribution is 0.102. The van der Waals surface area contributed by atoms with Crippen LogP contribution in [0.15, 0.2) is 51.8 Å². The number of carbonyl (C=O) groups excluding carboxylic acids is 1. The van der Waals surface area contributed by atoms with Crippen LogP contribution in [0.4, 0.5) is 5.69 Å². The molecule has 3 rings (SSSR count). The SMILES string of the molecule is O=C(Nc1cccc(Br)c1)c1cc(S(=O)(=O)N2CCCC2)ccc1Cl. The Hall–Kier alpha value is -1.41. The van der Waals surface area contributed by atoms with Crippen LogP contribution < -0.4 is 5.32 Å². The molecule has 0 bridgehead atoms. The van der Waals surface area contributed by atoms with Crippen molar-refractivity contribution in [2.75, 3.05) is 18.4 Å². The van der Waals surface area contributed by atoms with Crippen LogP contribution in [-0.4, -0.2) is 31.7 Å². The van der Waals surface area contributed by atoms with E-state index in [0.29, 0.717) is 18.8 Å². The first-order valence-corrected chi connectivity index (χ1v) is 10.4. The Balaban J connectivity index is 1.90. The van der Waals surface area contributed by atoms with Crippen LogP contribution in [0.1, 0.15) is 23.2 Å². The van der Waals surface area contributed by atoms with E-state index in [1.54, 1.807) is 18.2 Å². The number of hydrogen-bond donors (Lipinski definition) is 1. The molecular formula is C17H16BrClN2O3S. The molecule has 1 N–H and O–H groups in total. The number of carbonyl (C=O) groups is 1. The lowest BCUT2D eigenvalue weighted by atomic mass is 10.2. The Labute approximate surface area is 160 Å². The van der Waals surface area contributed by atoms with Crippen molar-refractivity contribution in [2.45, 2.75) is 17.7 Å². The molecule has 0 atom stereocenters. The zero-order valence-corrected chi connectivity index (χ0v) is 16.4. The van der Waals surface area contributed by atoms with Crippen LogP contribution in [0.5, 0.6) is 0 Å². The average Bonchev–Trinajstić information content (AvgIpc) is 3.10. The van der Waals surface area contributed by atoms with Crippen LogP contribution >= 0.6 is 27.5 Å². The van der Waals surface area contributed by atoms with E-state index in [-0.39, 0.29) is 15.5 Å². The number of benzene rings is 2. The van der Waals surface area contributed by atoms with Gasteiger partial charge in [0, 0.05) is 23.2 Å². The molecule has 1 heterocycles.